The first kappa shape index (κ1) is 24.9. The summed E-state index contributed by atoms with van der Waals surface area (Å²) in [6.45, 7) is 7.52. The van der Waals surface area contributed by atoms with Gasteiger partial charge in [0.15, 0.2) is 5.11 Å². The highest BCUT2D eigenvalue weighted by Crippen LogP contribution is 2.22. The Morgan fingerprint density at radius 2 is 1.48 bits per heavy atom. The molecule has 0 saturated heterocycles. The lowest BCUT2D eigenvalue weighted by Gasteiger charge is -2.19. The Hall–Kier alpha value is -2.74. The fourth-order valence-corrected chi connectivity index (χ4v) is 4.48. The van der Waals surface area contributed by atoms with Crippen molar-refractivity contribution in [3.8, 4) is 0 Å². The number of nitrogens with one attached hydrogen (secondary N) is 3. The average Bonchev–Trinajstić information content (AvgIpc) is 2.78. The number of hydrogen-bond acceptors (Lipinski definition) is 3. The van der Waals surface area contributed by atoms with Crippen LogP contribution < -0.4 is 15.4 Å². The summed E-state index contributed by atoms with van der Waals surface area (Å²) in [5.74, 6) is 0. The number of anilines is 1. The van der Waals surface area contributed by atoms with Gasteiger partial charge in [0.05, 0.1) is 4.90 Å². The van der Waals surface area contributed by atoms with Gasteiger partial charge in [0, 0.05) is 18.8 Å². The predicted octanol–water partition coefficient (Wildman–Crippen LogP) is 4.99. The van der Waals surface area contributed by atoms with Crippen LogP contribution in [0.25, 0.3) is 0 Å². The highest BCUT2D eigenvalue weighted by Gasteiger charge is 2.14. The molecule has 174 valence electrons. The van der Waals surface area contributed by atoms with E-state index in [0.717, 1.165) is 16.8 Å². The molecule has 0 amide bonds. The van der Waals surface area contributed by atoms with Gasteiger partial charge >= 0.3 is 0 Å². The minimum absolute atomic E-state index is 0.125. The molecule has 0 aliphatic rings. The average molecular weight is 482 g/mol. The molecule has 0 bridgehead atoms. The number of benzene rings is 3. The van der Waals surface area contributed by atoms with Gasteiger partial charge in [-0.25, -0.2) is 13.1 Å². The van der Waals surface area contributed by atoms with Gasteiger partial charge in [0.25, 0.3) is 0 Å². The first-order valence-corrected chi connectivity index (χ1v) is 12.8. The van der Waals surface area contributed by atoms with E-state index in [1.165, 1.54) is 5.56 Å². The number of thiocarbonyl (C=S) groups is 1. The molecule has 0 spiro atoms. The molecule has 3 N–H and O–H groups in total. The molecule has 0 unspecified atom stereocenters. The van der Waals surface area contributed by atoms with Crippen molar-refractivity contribution >= 4 is 33.0 Å². The molecule has 0 aliphatic heterocycles. The normalized spacial score (nSPS) is 11.7. The molecule has 0 aromatic heterocycles. The summed E-state index contributed by atoms with van der Waals surface area (Å²) in [7, 11) is -3.56. The van der Waals surface area contributed by atoms with Crippen LogP contribution >= 0.6 is 12.2 Å². The van der Waals surface area contributed by atoms with Crippen molar-refractivity contribution in [3.63, 3.8) is 0 Å². The van der Waals surface area contributed by atoms with Crippen molar-refractivity contribution in [2.75, 3.05) is 11.9 Å². The minimum Gasteiger partial charge on any atom is -0.358 e. The molecule has 7 heteroatoms. The van der Waals surface area contributed by atoms with E-state index in [4.69, 9.17) is 12.2 Å². The molecule has 5 nitrogen and oxygen atoms in total. The zero-order chi connectivity index (χ0) is 23.9. The molecule has 0 saturated carbocycles. The lowest BCUT2D eigenvalue weighted by molar-refractivity contribution is 0.581. The van der Waals surface area contributed by atoms with Crippen LogP contribution in [-0.4, -0.2) is 20.1 Å². The van der Waals surface area contributed by atoms with Crippen molar-refractivity contribution in [1.29, 1.82) is 0 Å². The van der Waals surface area contributed by atoms with Crippen LogP contribution in [0.4, 0.5) is 5.69 Å². The summed E-state index contributed by atoms with van der Waals surface area (Å²) in [6.07, 6.45) is 0.637. The first-order valence-electron chi connectivity index (χ1n) is 10.9. The van der Waals surface area contributed by atoms with E-state index in [1.54, 1.807) is 24.3 Å². The van der Waals surface area contributed by atoms with Gasteiger partial charge in [0.1, 0.15) is 0 Å². The second kappa shape index (κ2) is 10.9. The highest BCUT2D eigenvalue weighted by atomic mass is 32.2. The number of sulfonamides is 1. The minimum atomic E-state index is -3.56. The Balaban J connectivity index is 1.48. The molecule has 3 rings (SSSR count). The number of hydrogen-bond donors (Lipinski definition) is 3. The fraction of sp³-hybridized carbons (Fsp3) is 0.269. The molecular formula is C26H31N3O2S2. The van der Waals surface area contributed by atoms with Gasteiger partial charge in [-0.1, -0.05) is 75.4 Å². The van der Waals surface area contributed by atoms with Crippen LogP contribution in [0.5, 0.6) is 0 Å². The van der Waals surface area contributed by atoms with Crippen molar-refractivity contribution in [2.45, 2.75) is 44.0 Å². The Morgan fingerprint density at radius 3 is 2.09 bits per heavy atom. The zero-order valence-corrected chi connectivity index (χ0v) is 20.9. The van der Waals surface area contributed by atoms with Gasteiger partial charge < -0.3 is 10.6 Å². The summed E-state index contributed by atoms with van der Waals surface area (Å²) in [5, 5.41) is 6.76. The van der Waals surface area contributed by atoms with Crippen molar-refractivity contribution < 1.29 is 8.42 Å². The Morgan fingerprint density at radius 1 is 0.848 bits per heavy atom. The van der Waals surface area contributed by atoms with Crippen LogP contribution in [0.15, 0.2) is 83.8 Å². The monoisotopic (exact) mass is 481 g/mol. The Kier molecular flexibility index (Phi) is 8.24. The van der Waals surface area contributed by atoms with Gasteiger partial charge in [-0.3, -0.25) is 0 Å². The van der Waals surface area contributed by atoms with E-state index in [9.17, 15) is 8.42 Å². The molecular weight excluding hydrogens is 450 g/mol. The molecule has 0 radical (unpaired) electrons. The SMILES string of the molecule is CC(C)(C)c1ccc(CNC(=S)Nc2ccc(S(=O)(=O)NCCc3ccccc3)cc2)cc1. The molecule has 3 aromatic rings. The van der Waals surface area contributed by atoms with E-state index >= 15 is 0 Å². The smallest absolute Gasteiger partial charge is 0.240 e. The van der Waals surface area contributed by atoms with Crippen LogP contribution in [0, 0.1) is 0 Å². The van der Waals surface area contributed by atoms with E-state index in [1.807, 2.05) is 30.3 Å². The van der Waals surface area contributed by atoms with E-state index < -0.39 is 10.0 Å². The third kappa shape index (κ3) is 7.67. The lowest BCUT2D eigenvalue weighted by Crippen LogP contribution is -2.28. The largest absolute Gasteiger partial charge is 0.358 e. The van der Waals surface area contributed by atoms with Crippen LogP contribution in [-0.2, 0) is 28.4 Å². The van der Waals surface area contributed by atoms with Gasteiger partial charge in [-0.15, -0.1) is 0 Å². The maximum Gasteiger partial charge on any atom is 0.240 e. The summed E-state index contributed by atoms with van der Waals surface area (Å²) in [6, 6.07) is 24.8. The third-order valence-corrected chi connectivity index (χ3v) is 6.97. The lowest BCUT2D eigenvalue weighted by atomic mass is 9.87. The summed E-state index contributed by atoms with van der Waals surface area (Å²) < 4.78 is 27.7. The van der Waals surface area contributed by atoms with Crippen molar-refractivity contribution in [2.24, 2.45) is 0 Å². The molecule has 33 heavy (non-hydrogen) atoms. The summed E-state index contributed by atoms with van der Waals surface area (Å²) in [5.41, 5.74) is 4.36. The van der Waals surface area contributed by atoms with E-state index in [-0.39, 0.29) is 10.3 Å². The fourth-order valence-electron chi connectivity index (χ4n) is 3.26. The van der Waals surface area contributed by atoms with Gasteiger partial charge in [-0.05, 0) is 65.0 Å². The standard InChI is InChI=1S/C26H31N3O2S2/c1-26(2,3)22-11-9-21(10-12-22)19-27-25(32)29-23-13-15-24(16-14-23)33(30,31)28-18-17-20-7-5-4-6-8-20/h4-16,28H,17-19H2,1-3H3,(H2,27,29,32). The molecule has 0 atom stereocenters. The summed E-state index contributed by atoms with van der Waals surface area (Å²) in [4.78, 5) is 0.221. The topological polar surface area (TPSA) is 70.2 Å². The van der Waals surface area contributed by atoms with E-state index in [2.05, 4.69) is 60.4 Å². The zero-order valence-electron chi connectivity index (χ0n) is 19.3. The van der Waals surface area contributed by atoms with Crippen LogP contribution in [0.3, 0.4) is 0 Å². The highest BCUT2D eigenvalue weighted by molar-refractivity contribution is 7.89. The molecule has 0 heterocycles. The maximum atomic E-state index is 12.5. The predicted molar refractivity (Wildman–Crippen MR) is 140 cm³/mol. The molecule has 0 aliphatic carbocycles. The quantitative estimate of drug-likeness (QED) is 0.395. The van der Waals surface area contributed by atoms with Crippen LogP contribution in [0.2, 0.25) is 0 Å². The second-order valence-corrected chi connectivity index (χ2v) is 11.1. The van der Waals surface area contributed by atoms with Crippen LogP contribution in [0.1, 0.15) is 37.5 Å². The second-order valence-electron chi connectivity index (χ2n) is 8.91. The maximum absolute atomic E-state index is 12.5. The van der Waals surface area contributed by atoms with Gasteiger partial charge in [0.2, 0.25) is 10.0 Å². The van der Waals surface area contributed by atoms with Crippen molar-refractivity contribution in [3.05, 3.63) is 95.6 Å². The molecule has 0 fully saturated rings. The third-order valence-electron chi connectivity index (χ3n) is 5.24. The number of rotatable bonds is 8. The van der Waals surface area contributed by atoms with Gasteiger partial charge in [-0.2, -0.15) is 0 Å². The first-order chi connectivity index (χ1) is 15.6. The Labute approximate surface area is 202 Å². The summed E-state index contributed by atoms with van der Waals surface area (Å²) >= 11 is 5.38. The molecule has 3 aromatic carbocycles. The van der Waals surface area contributed by atoms with E-state index in [0.29, 0.717) is 24.6 Å². The Bertz CT molecular complexity index is 1150. The van der Waals surface area contributed by atoms with Crippen molar-refractivity contribution in [1.82, 2.24) is 10.0 Å².